The van der Waals surface area contributed by atoms with Crippen molar-refractivity contribution >= 4 is 5.91 Å². The Morgan fingerprint density at radius 1 is 0.909 bits per heavy atom. The molecule has 3 aliphatic rings. The van der Waals surface area contributed by atoms with Crippen LogP contribution >= 0.6 is 0 Å². The van der Waals surface area contributed by atoms with Gasteiger partial charge in [-0.3, -0.25) is 4.79 Å². The average Bonchev–Trinajstić information content (AvgIpc) is 2.60. The largest absolute Gasteiger partial charge is 0.381 e. The molecular formula is C19H33NO2. The Morgan fingerprint density at radius 3 is 2.27 bits per heavy atom. The molecule has 0 spiro atoms. The van der Waals surface area contributed by atoms with Crippen molar-refractivity contribution in [2.75, 3.05) is 14.2 Å². The van der Waals surface area contributed by atoms with Crippen LogP contribution in [0.4, 0.5) is 0 Å². The fraction of sp³-hybridized carbons (Fsp3) is 0.947. The second-order valence-corrected chi connectivity index (χ2v) is 7.93. The Hall–Kier alpha value is -0.570. The zero-order valence-corrected chi connectivity index (χ0v) is 14.4. The highest BCUT2D eigenvalue weighted by atomic mass is 16.5. The smallest absolute Gasteiger partial charge is 0.225 e. The van der Waals surface area contributed by atoms with Crippen molar-refractivity contribution < 1.29 is 9.53 Å². The SMILES string of the molecule is COC1CCC(N(C)C(=O)[C@@H]2CC[C@@H]3CCCC[C@H]3C2)CC1. The molecule has 3 rings (SSSR count). The molecule has 0 aromatic heterocycles. The third-order valence-corrected chi connectivity index (χ3v) is 6.76. The molecule has 22 heavy (non-hydrogen) atoms. The van der Waals surface area contributed by atoms with Gasteiger partial charge in [-0.15, -0.1) is 0 Å². The minimum Gasteiger partial charge on any atom is -0.381 e. The third kappa shape index (κ3) is 3.50. The Morgan fingerprint density at radius 2 is 1.59 bits per heavy atom. The van der Waals surface area contributed by atoms with Crippen molar-refractivity contribution in [3.8, 4) is 0 Å². The van der Waals surface area contributed by atoms with E-state index in [0.29, 0.717) is 24.0 Å². The van der Waals surface area contributed by atoms with Gasteiger partial charge in [0.25, 0.3) is 0 Å². The average molecular weight is 307 g/mol. The summed E-state index contributed by atoms with van der Waals surface area (Å²) < 4.78 is 5.45. The van der Waals surface area contributed by atoms with E-state index in [1.165, 1.54) is 38.5 Å². The first-order valence-corrected chi connectivity index (χ1v) is 9.48. The van der Waals surface area contributed by atoms with Gasteiger partial charge in [0.1, 0.15) is 0 Å². The molecule has 3 aliphatic carbocycles. The predicted octanol–water partition coefficient (Wildman–Crippen LogP) is 4.01. The van der Waals surface area contributed by atoms with Crippen LogP contribution in [0.15, 0.2) is 0 Å². The van der Waals surface area contributed by atoms with E-state index in [-0.39, 0.29) is 0 Å². The van der Waals surface area contributed by atoms with E-state index >= 15 is 0 Å². The number of rotatable bonds is 3. The van der Waals surface area contributed by atoms with Crippen molar-refractivity contribution in [3.63, 3.8) is 0 Å². The van der Waals surface area contributed by atoms with Gasteiger partial charge in [-0.2, -0.15) is 0 Å². The lowest BCUT2D eigenvalue weighted by Gasteiger charge is -2.41. The van der Waals surface area contributed by atoms with Gasteiger partial charge in [-0.1, -0.05) is 25.7 Å². The number of hydrogen-bond acceptors (Lipinski definition) is 2. The zero-order chi connectivity index (χ0) is 15.5. The summed E-state index contributed by atoms with van der Waals surface area (Å²) in [5.41, 5.74) is 0. The molecule has 0 saturated heterocycles. The van der Waals surface area contributed by atoms with Gasteiger partial charge in [-0.05, 0) is 56.8 Å². The molecule has 1 amide bonds. The normalized spacial score (nSPS) is 39.1. The standard InChI is InChI=1S/C19H33NO2/c1-20(17-9-11-18(22-2)12-10-17)19(21)16-8-7-14-5-3-4-6-15(14)13-16/h14-18H,3-13H2,1-2H3/t14-,15-,16+,17?,18?/m0/s1. The molecule has 0 N–H and O–H groups in total. The molecule has 0 radical (unpaired) electrons. The van der Waals surface area contributed by atoms with Gasteiger partial charge in [-0.25, -0.2) is 0 Å². The van der Waals surface area contributed by atoms with Crippen LogP contribution in [0.3, 0.4) is 0 Å². The Labute approximate surface area is 135 Å². The number of carbonyl (C=O) groups excluding carboxylic acids is 1. The van der Waals surface area contributed by atoms with Crippen molar-refractivity contribution in [2.45, 2.75) is 82.8 Å². The van der Waals surface area contributed by atoms with Crippen molar-refractivity contribution in [1.82, 2.24) is 4.90 Å². The summed E-state index contributed by atoms with van der Waals surface area (Å²) in [6.45, 7) is 0. The zero-order valence-electron chi connectivity index (χ0n) is 14.4. The molecule has 3 saturated carbocycles. The minimum atomic E-state index is 0.310. The first-order valence-electron chi connectivity index (χ1n) is 9.48. The summed E-state index contributed by atoms with van der Waals surface area (Å²) in [4.78, 5) is 15.0. The van der Waals surface area contributed by atoms with Gasteiger partial charge < -0.3 is 9.64 Å². The number of hydrogen-bond donors (Lipinski definition) is 0. The maximum Gasteiger partial charge on any atom is 0.225 e. The number of carbonyl (C=O) groups is 1. The number of fused-ring (bicyclic) bond motifs is 1. The van der Waals surface area contributed by atoms with Crippen LogP contribution in [-0.4, -0.2) is 37.1 Å². The topological polar surface area (TPSA) is 29.5 Å². The minimum absolute atomic E-state index is 0.310. The van der Waals surface area contributed by atoms with E-state index in [1.807, 2.05) is 14.2 Å². The van der Waals surface area contributed by atoms with E-state index in [1.54, 1.807) is 0 Å². The molecule has 0 unspecified atom stereocenters. The highest BCUT2D eigenvalue weighted by molar-refractivity contribution is 5.79. The summed E-state index contributed by atoms with van der Waals surface area (Å²) in [6, 6.07) is 0.447. The molecule has 0 aromatic rings. The van der Waals surface area contributed by atoms with Crippen LogP contribution in [0.25, 0.3) is 0 Å². The van der Waals surface area contributed by atoms with Crippen molar-refractivity contribution in [2.24, 2.45) is 17.8 Å². The second-order valence-electron chi connectivity index (χ2n) is 7.93. The third-order valence-electron chi connectivity index (χ3n) is 6.76. The lowest BCUT2D eigenvalue weighted by molar-refractivity contribution is -0.139. The predicted molar refractivity (Wildman–Crippen MR) is 88.6 cm³/mol. The molecule has 3 heteroatoms. The highest BCUT2D eigenvalue weighted by Crippen LogP contribution is 2.43. The fourth-order valence-corrected chi connectivity index (χ4v) is 5.23. The van der Waals surface area contributed by atoms with Crippen LogP contribution < -0.4 is 0 Å². The van der Waals surface area contributed by atoms with Crippen LogP contribution in [0.5, 0.6) is 0 Å². The summed E-state index contributed by atoms with van der Waals surface area (Å²) in [7, 11) is 3.86. The fourth-order valence-electron chi connectivity index (χ4n) is 5.23. The molecule has 0 bridgehead atoms. The van der Waals surface area contributed by atoms with Gasteiger partial charge >= 0.3 is 0 Å². The lowest BCUT2D eigenvalue weighted by Crippen LogP contribution is -2.45. The maximum absolute atomic E-state index is 12.9. The first kappa shape index (κ1) is 16.3. The number of ether oxygens (including phenoxy) is 1. The summed E-state index contributed by atoms with van der Waals surface area (Å²) in [5, 5.41) is 0. The molecule has 3 atom stereocenters. The Kier molecular flexibility index (Phi) is 5.43. The molecule has 3 nitrogen and oxygen atoms in total. The van der Waals surface area contributed by atoms with Crippen LogP contribution in [0, 0.1) is 17.8 Å². The maximum atomic E-state index is 12.9. The van der Waals surface area contributed by atoms with Crippen molar-refractivity contribution in [3.05, 3.63) is 0 Å². The lowest BCUT2D eigenvalue weighted by atomic mass is 9.67. The van der Waals surface area contributed by atoms with E-state index in [9.17, 15) is 4.79 Å². The van der Waals surface area contributed by atoms with Gasteiger partial charge in [0.2, 0.25) is 5.91 Å². The monoisotopic (exact) mass is 307 g/mol. The number of nitrogens with zero attached hydrogens (tertiary/aromatic N) is 1. The molecule has 0 heterocycles. The van der Waals surface area contributed by atoms with Gasteiger partial charge in [0.05, 0.1) is 6.10 Å². The summed E-state index contributed by atoms with van der Waals surface area (Å²) in [6.07, 6.45) is 14.0. The molecule has 0 aromatic carbocycles. The first-order chi connectivity index (χ1) is 10.7. The van der Waals surface area contributed by atoms with E-state index in [4.69, 9.17) is 4.74 Å². The van der Waals surface area contributed by atoms with Crippen LogP contribution in [-0.2, 0) is 9.53 Å². The number of methoxy groups -OCH3 is 1. The Balaban J connectivity index is 1.52. The van der Waals surface area contributed by atoms with Crippen LogP contribution in [0.1, 0.15) is 70.6 Å². The van der Waals surface area contributed by atoms with Crippen LogP contribution in [0.2, 0.25) is 0 Å². The number of amides is 1. The molecule has 0 aliphatic heterocycles. The van der Waals surface area contributed by atoms with E-state index in [0.717, 1.165) is 43.9 Å². The quantitative estimate of drug-likeness (QED) is 0.788. The second kappa shape index (κ2) is 7.33. The highest BCUT2D eigenvalue weighted by Gasteiger charge is 2.37. The summed E-state index contributed by atoms with van der Waals surface area (Å²) >= 11 is 0. The van der Waals surface area contributed by atoms with E-state index in [2.05, 4.69) is 4.90 Å². The van der Waals surface area contributed by atoms with Gasteiger partial charge in [0, 0.05) is 26.1 Å². The van der Waals surface area contributed by atoms with Gasteiger partial charge in [0.15, 0.2) is 0 Å². The van der Waals surface area contributed by atoms with Crippen molar-refractivity contribution in [1.29, 1.82) is 0 Å². The summed E-state index contributed by atoms with van der Waals surface area (Å²) in [5.74, 6) is 2.52. The molecule has 126 valence electrons. The molecule has 3 fully saturated rings. The Bertz CT molecular complexity index is 376. The van der Waals surface area contributed by atoms with E-state index < -0.39 is 0 Å². The molecular weight excluding hydrogens is 274 g/mol.